The SMILES string of the molecule is O=C(Nc1ccc(F)nc1)c1cc2ccccc2oc1=O. The molecule has 104 valence electrons. The van der Waals surface area contributed by atoms with E-state index in [-0.39, 0.29) is 11.3 Å². The molecule has 0 atom stereocenters. The van der Waals surface area contributed by atoms with Gasteiger partial charge in [0.05, 0.1) is 11.9 Å². The number of hydrogen-bond acceptors (Lipinski definition) is 4. The van der Waals surface area contributed by atoms with Crippen molar-refractivity contribution >= 4 is 22.6 Å². The number of nitrogens with one attached hydrogen (secondary N) is 1. The number of carbonyl (C=O) groups is 1. The molecule has 0 fully saturated rings. The Morgan fingerprint density at radius 1 is 1.19 bits per heavy atom. The van der Waals surface area contributed by atoms with E-state index in [0.29, 0.717) is 11.0 Å². The highest BCUT2D eigenvalue weighted by atomic mass is 19.1. The molecule has 3 rings (SSSR count). The molecule has 0 saturated carbocycles. The van der Waals surface area contributed by atoms with Gasteiger partial charge in [0.25, 0.3) is 5.91 Å². The number of pyridine rings is 1. The average Bonchev–Trinajstić information content (AvgIpc) is 2.49. The second-order valence-electron chi connectivity index (χ2n) is 4.31. The van der Waals surface area contributed by atoms with E-state index in [0.717, 1.165) is 12.3 Å². The molecular formula is C15H9FN2O3. The monoisotopic (exact) mass is 284 g/mol. The number of nitrogens with zero attached hydrogens (tertiary/aromatic N) is 1. The molecule has 3 aromatic rings. The van der Waals surface area contributed by atoms with Gasteiger partial charge in [-0.3, -0.25) is 4.79 Å². The zero-order valence-corrected chi connectivity index (χ0v) is 10.7. The molecule has 0 bridgehead atoms. The van der Waals surface area contributed by atoms with Crippen LogP contribution in [0.3, 0.4) is 0 Å². The number of fused-ring (bicyclic) bond motifs is 1. The van der Waals surface area contributed by atoms with Gasteiger partial charge in [0.1, 0.15) is 11.1 Å². The van der Waals surface area contributed by atoms with Crippen LogP contribution in [0.15, 0.2) is 57.9 Å². The number of hydrogen-bond donors (Lipinski definition) is 1. The fourth-order valence-electron chi connectivity index (χ4n) is 1.87. The number of aromatic nitrogens is 1. The molecule has 0 aliphatic carbocycles. The average molecular weight is 284 g/mol. The van der Waals surface area contributed by atoms with Gasteiger partial charge in [0.2, 0.25) is 5.95 Å². The summed E-state index contributed by atoms with van der Waals surface area (Å²) < 4.78 is 17.8. The Hall–Kier alpha value is -3.02. The lowest BCUT2D eigenvalue weighted by Gasteiger charge is -2.04. The van der Waals surface area contributed by atoms with E-state index in [1.807, 2.05) is 0 Å². The molecule has 21 heavy (non-hydrogen) atoms. The fourth-order valence-corrected chi connectivity index (χ4v) is 1.87. The fraction of sp³-hybridized carbons (Fsp3) is 0. The van der Waals surface area contributed by atoms with E-state index in [1.54, 1.807) is 24.3 Å². The molecule has 1 aromatic carbocycles. The van der Waals surface area contributed by atoms with Crippen molar-refractivity contribution in [1.82, 2.24) is 4.98 Å². The standard InChI is InChI=1S/C15H9FN2O3/c16-13-6-5-10(8-17-13)18-14(19)11-7-9-3-1-2-4-12(9)21-15(11)20/h1-8H,(H,18,19). The first-order valence-electron chi connectivity index (χ1n) is 6.09. The third-order valence-electron chi connectivity index (χ3n) is 2.87. The quantitative estimate of drug-likeness (QED) is 0.580. The van der Waals surface area contributed by atoms with Gasteiger partial charge in [-0.1, -0.05) is 18.2 Å². The van der Waals surface area contributed by atoms with Crippen molar-refractivity contribution in [2.75, 3.05) is 5.32 Å². The molecule has 1 N–H and O–H groups in total. The molecule has 0 radical (unpaired) electrons. The molecule has 2 aromatic heterocycles. The number of halogens is 1. The first-order chi connectivity index (χ1) is 10.1. The van der Waals surface area contributed by atoms with Crippen LogP contribution in [0.1, 0.15) is 10.4 Å². The Morgan fingerprint density at radius 2 is 2.00 bits per heavy atom. The third-order valence-corrected chi connectivity index (χ3v) is 2.87. The number of benzene rings is 1. The lowest BCUT2D eigenvalue weighted by Crippen LogP contribution is -2.20. The topological polar surface area (TPSA) is 72.2 Å². The molecule has 0 aliphatic rings. The Balaban J connectivity index is 1.95. The minimum Gasteiger partial charge on any atom is -0.422 e. The van der Waals surface area contributed by atoms with Crippen molar-refractivity contribution in [2.45, 2.75) is 0 Å². The van der Waals surface area contributed by atoms with Gasteiger partial charge in [-0.05, 0) is 24.3 Å². The molecule has 2 heterocycles. The second-order valence-corrected chi connectivity index (χ2v) is 4.31. The minimum absolute atomic E-state index is 0.127. The first kappa shape index (κ1) is 13.0. The molecule has 6 heteroatoms. The van der Waals surface area contributed by atoms with Crippen LogP contribution in [-0.4, -0.2) is 10.9 Å². The van der Waals surface area contributed by atoms with Crippen LogP contribution >= 0.6 is 0 Å². The van der Waals surface area contributed by atoms with Crippen molar-refractivity contribution in [1.29, 1.82) is 0 Å². The highest BCUT2D eigenvalue weighted by molar-refractivity contribution is 6.05. The minimum atomic E-state index is -0.735. The largest absolute Gasteiger partial charge is 0.422 e. The van der Waals surface area contributed by atoms with Gasteiger partial charge in [-0.25, -0.2) is 9.78 Å². The van der Waals surface area contributed by atoms with Crippen LogP contribution in [0.2, 0.25) is 0 Å². The van der Waals surface area contributed by atoms with Gasteiger partial charge in [-0.2, -0.15) is 4.39 Å². The molecule has 0 aliphatic heterocycles. The summed E-state index contributed by atoms with van der Waals surface area (Å²) in [5, 5.41) is 3.10. The summed E-state index contributed by atoms with van der Waals surface area (Å²) in [6.07, 6.45) is 1.16. The molecule has 0 spiro atoms. The second kappa shape index (κ2) is 5.16. The Kier molecular flexibility index (Phi) is 3.19. The van der Waals surface area contributed by atoms with Gasteiger partial charge < -0.3 is 9.73 Å². The van der Waals surface area contributed by atoms with Gasteiger partial charge in [0.15, 0.2) is 0 Å². The van der Waals surface area contributed by atoms with Crippen molar-refractivity contribution in [2.24, 2.45) is 0 Å². The summed E-state index contributed by atoms with van der Waals surface area (Å²) in [4.78, 5) is 27.3. The number of anilines is 1. The third kappa shape index (κ3) is 2.64. The zero-order chi connectivity index (χ0) is 14.8. The Morgan fingerprint density at radius 3 is 2.76 bits per heavy atom. The highest BCUT2D eigenvalue weighted by Gasteiger charge is 2.14. The molecule has 0 saturated heterocycles. The van der Waals surface area contributed by atoms with Crippen LogP contribution in [0.4, 0.5) is 10.1 Å². The first-order valence-corrected chi connectivity index (χ1v) is 6.09. The summed E-state index contributed by atoms with van der Waals surface area (Å²) in [6.45, 7) is 0. The van der Waals surface area contributed by atoms with E-state index >= 15 is 0 Å². The van der Waals surface area contributed by atoms with E-state index in [1.165, 1.54) is 12.1 Å². The Bertz CT molecular complexity index is 872. The number of para-hydroxylation sites is 1. The maximum absolute atomic E-state index is 12.7. The number of rotatable bonds is 2. The summed E-state index contributed by atoms with van der Waals surface area (Å²) in [5.74, 6) is -1.29. The van der Waals surface area contributed by atoms with E-state index < -0.39 is 17.5 Å². The molecular weight excluding hydrogens is 275 g/mol. The summed E-state index contributed by atoms with van der Waals surface area (Å²) in [6, 6.07) is 10.8. The molecule has 5 nitrogen and oxygen atoms in total. The van der Waals surface area contributed by atoms with Gasteiger partial charge in [0, 0.05) is 5.39 Å². The van der Waals surface area contributed by atoms with E-state index in [2.05, 4.69) is 10.3 Å². The zero-order valence-electron chi connectivity index (χ0n) is 10.7. The van der Waals surface area contributed by atoms with Gasteiger partial charge in [-0.15, -0.1) is 0 Å². The maximum atomic E-state index is 12.7. The summed E-state index contributed by atoms with van der Waals surface area (Å²) in [7, 11) is 0. The van der Waals surface area contributed by atoms with Crippen LogP contribution in [-0.2, 0) is 0 Å². The van der Waals surface area contributed by atoms with E-state index in [9.17, 15) is 14.0 Å². The predicted molar refractivity (Wildman–Crippen MR) is 74.6 cm³/mol. The van der Waals surface area contributed by atoms with Crippen LogP contribution in [0.25, 0.3) is 11.0 Å². The van der Waals surface area contributed by atoms with Crippen molar-refractivity contribution in [3.63, 3.8) is 0 Å². The number of carbonyl (C=O) groups excluding carboxylic acids is 1. The molecule has 0 unspecified atom stereocenters. The highest BCUT2D eigenvalue weighted by Crippen LogP contribution is 2.14. The number of amides is 1. The normalized spacial score (nSPS) is 10.5. The lowest BCUT2D eigenvalue weighted by molar-refractivity contribution is 0.102. The summed E-state index contributed by atoms with van der Waals surface area (Å²) >= 11 is 0. The maximum Gasteiger partial charge on any atom is 0.349 e. The smallest absolute Gasteiger partial charge is 0.349 e. The van der Waals surface area contributed by atoms with Crippen molar-refractivity contribution in [3.05, 3.63) is 70.6 Å². The van der Waals surface area contributed by atoms with Crippen molar-refractivity contribution < 1.29 is 13.6 Å². The molecule has 1 amide bonds. The van der Waals surface area contributed by atoms with Crippen LogP contribution in [0, 0.1) is 5.95 Å². The summed E-state index contributed by atoms with van der Waals surface area (Å²) in [5.41, 5.74) is -0.171. The van der Waals surface area contributed by atoms with Crippen LogP contribution < -0.4 is 10.9 Å². The van der Waals surface area contributed by atoms with Gasteiger partial charge >= 0.3 is 5.63 Å². The van der Waals surface area contributed by atoms with Crippen molar-refractivity contribution in [3.8, 4) is 0 Å². The predicted octanol–water partition coefficient (Wildman–Crippen LogP) is 2.58. The van der Waals surface area contributed by atoms with E-state index in [4.69, 9.17) is 4.42 Å². The lowest BCUT2D eigenvalue weighted by atomic mass is 10.2. The van der Waals surface area contributed by atoms with Crippen LogP contribution in [0.5, 0.6) is 0 Å². The Labute approximate surface area is 118 Å².